The molecule has 10 rings (SSSR count). The molecule has 0 aliphatic rings. The van der Waals surface area contributed by atoms with Crippen molar-refractivity contribution in [2.45, 2.75) is 0 Å². The van der Waals surface area contributed by atoms with Gasteiger partial charge in [0.25, 0.3) is 0 Å². The summed E-state index contributed by atoms with van der Waals surface area (Å²) in [5.41, 5.74) is -7.49. The van der Waals surface area contributed by atoms with Crippen molar-refractivity contribution in [1.82, 2.24) is 0 Å². The van der Waals surface area contributed by atoms with Gasteiger partial charge in [-0.3, -0.25) is 0 Å². The second kappa shape index (κ2) is 11.6. The van der Waals surface area contributed by atoms with E-state index in [0.717, 1.165) is 0 Å². The van der Waals surface area contributed by atoms with Crippen molar-refractivity contribution in [1.29, 1.82) is 0 Å². The van der Waals surface area contributed by atoms with Crippen LogP contribution in [0.2, 0.25) is 0 Å². The van der Waals surface area contributed by atoms with Crippen molar-refractivity contribution in [3.63, 3.8) is 0 Å². The van der Waals surface area contributed by atoms with Gasteiger partial charge in [0.05, 0.1) is 43.9 Å². The van der Waals surface area contributed by atoms with Crippen LogP contribution in [-0.2, 0) is 0 Å². The monoisotopic (exact) mass is 664 g/mol. The van der Waals surface area contributed by atoms with E-state index < -0.39 is 292 Å². The van der Waals surface area contributed by atoms with Gasteiger partial charge in [0.1, 0.15) is 0 Å². The molecule has 0 nitrogen and oxygen atoms in total. The molecule has 0 spiro atoms. The van der Waals surface area contributed by atoms with Crippen LogP contribution in [0.25, 0.3) is 98.4 Å². The standard InChI is InChI=1S/C50H32/c1-3-14-36-29-38(25-23-33(36)11-1)39-27-28-47-48(32-39)50(41-18-9-17-40(31-41)44-22-10-16-35-13-5-6-19-43(35)44)46-21-8-7-20-45(46)49(47)42-26-24-34-12-2-4-15-37(34)30-42/h1-32H/i1D,2D,3D,4D,5D,6D,7D,8D,9D,10D,11D,12D,13D,14D,15D,16D,17D,18D,19D,20D,21D,22D,23D,24D,25D,26D,27D,28D,29D,30D,31D,32D. The smallest absolute Gasteiger partial charge is 0.0616 e. The first-order valence-corrected chi connectivity index (χ1v) is 14.8. The summed E-state index contributed by atoms with van der Waals surface area (Å²) in [6, 6.07) is -32.7. The van der Waals surface area contributed by atoms with Crippen molar-refractivity contribution in [2.24, 2.45) is 0 Å². The Morgan fingerprint density at radius 2 is 0.700 bits per heavy atom. The summed E-state index contributed by atoms with van der Waals surface area (Å²) in [5.74, 6) is 0. The van der Waals surface area contributed by atoms with E-state index in [9.17, 15) is 20.6 Å². The molecule has 0 amide bonds. The second-order valence-electron chi connectivity index (χ2n) is 10.8. The molecule has 0 aliphatic heterocycles. The largest absolute Gasteiger partial charge is 0.0636 e. The van der Waals surface area contributed by atoms with Gasteiger partial charge in [0.2, 0.25) is 0 Å². The third-order valence-corrected chi connectivity index (χ3v) is 7.94. The molecule has 232 valence electrons. The number of rotatable bonds is 4. The molecule has 10 aromatic rings. The van der Waals surface area contributed by atoms with Crippen molar-refractivity contribution in [2.75, 3.05) is 0 Å². The molecule has 50 heavy (non-hydrogen) atoms. The van der Waals surface area contributed by atoms with Crippen LogP contribution in [-0.4, -0.2) is 0 Å². The molecular weight excluding hydrogens is 601 g/mol. The lowest BCUT2D eigenvalue weighted by Gasteiger charge is -2.19. The Morgan fingerprint density at radius 3 is 1.44 bits per heavy atom. The second-order valence-corrected chi connectivity index (χ2v) is 10.8. The first kappa shape index (κ1) is 11.0. The third-order valence-electron chi connectivity index (χ3n) is 7.94. The molecule has 0 heterocycles. The van der Waals surface area contributed by atoms with Crippen molar-refractivity contribution in [3.8, 4) is 44.5 Å². The lowest BCUT2D eigenvalue weighted by Crippen LogP contribution is -1.92. The predicted octanol–water partition coefficient (Wildman–Crippen LogP) is 14.1. The van der Waals surface area contributed by atoms with Gasteiger partial charge >= 0.3 is 0 Å². The fourth-order valence-corrected chi connectivity index (χ4v) is 5.75. The van der Waals surface area contributed by atoms with Crippen LogP contribution in [0.4, 0.5) is 0 Å². The topological polar surface area (TPSA) is 0 Å². The highest BCUT2D eigenvalue weighted by atomic mass is 14.2. The molecule has 0 radical (unpaired) electrons. The van der Waals surface area contributed by atoms with E-state index in [1.54, 1.807) is 0 Å². The maximum atomic E-state index is 10.3. The summed E-state index contributed by atoms with van der Waals surface area (Å²) in [5, 5.41) is -7.82. The minimum absolute atomic E-state index is 0.643. The van der Waals surface area contributed by atoms with E-state index in [-0.39, 0.29) is 0 Å². The van der Waals surface area contributed by atoms with Crippen molar-refractivity contribution in [3.05, 3.63) is 193 Å². The van der Waals surface area contributed by atoms with E-state index >= 15 is 0 Å². The minimum atomic E-state index is -1.20. The van der Waals surface area contributed by atoms with Crippen LogP contribution in [0.3, 0.4) is 0 Å². The summed E-state index contributed by atoms with van der Waals surface area (Å²) >= 11 is 0. The van der Waals surface area contributed by atoms with Crippen molar-refractivity contribution >= 4 is 53.9 Å². The Labute approximate surface area is 336 Å². The third kappa shape index (κ3) is 4.69. The Balaban J connectivity index is 1.58. The molecule has 0 atom stereocenters. The molecule has 0 N–H and O–H groups in total. The lowest BCUT2D eigenvalue weighted by atomic mass is 9.84. The molecular formula is C50H32. The zero-order valence-electron chi connectivity index (χ0n) is 57.0. The molecule has 0 aliphatic carbocycles. The van der Waals surface area contributed by atoms with Gasteiger partial charge in [-0.15, -0.1) is 0 Å². The first-order valence-electron chi connectivity index (χ1n) is 30.8. The number of benzene rings is 10. The van der Waals surface area contributed by atoms with Crippen LogP contribution >= 0.6 is 0 Å². The molecule has 0 heteroatoms. The maximum absolute atomic E-state index is 10.3. The van der Waals surface area contributed by atoms with Crippen LogP contribution in [0.5, 0.6) is 0 Å². The average molecular weight is 665 g/mol. The molecule has 0 saturated carbocycles. The summed E-state index contributed by atoms with van der Waals surface area (Å²) in [4.78, 5) is 0. The van der Waals surface area contributed by atoms with E-state index in [2.05, 4.69) is 0 Å². The van der Waals surface area contributed by atoms with Gasteiger partial charge < -0.3 is 0 Å². The van der Waals surface area contributed by atoms with E-state index in [1.165, 1.54) is 0 Å². The summed E-state index contributed by atoms with van der Waals surface area (Å²) in [6.45, 7) is 0. The number of hydrogen-bond acceptors (Lipinski definition) is 0. The number of hydrogen-bond donors (Lipinski definition) is 0. The Kier molecular flexibility index (Phi) is 2.55. The van der Waals surface area contributed by atoms with Gasteiger partial charge in [0, 0.05) is 0 Å². The Bertz CT molecular complexity index is 4750. The lowest BCUT2D eigenvalue weighted by molar-refractivity contribution is 1.63. The van der Waals surface area contributed by atoms with Crippen molar-refractivity contribution < 1.29 is 43.9 Å². The highest BCUT2D eigenvalue weighted by molar-refractivity contribution is 6.22. The maximum Gasteiger partial charge on any atom is 0.0636 e. The van der Waals surface area contributed by atoms with Crippen LogP contribution in [0.15, 0.2) is 193 Å². The van der Waals surface area contributed by atoms with Gasteiger partial charge in [-0.2, -0.15) is 0 Å². The van der Waals surface area contributed by atoms with Gasteiger partial charge in [-0.25, -0.2) is 0 Å². The quantitative estimate of drug-likeness (QED) is 0.164. The van der Waals surface area contributed by atoms with Gasteiger partial charge in [-0.05, 0) is 123 Å². The van der Waals surface area contributed by atoms with Gasteiger partial charge in [0.15, 0.2) is 0 Å². The van der Waals surface area contributed by atoms with Gasteiger partial charge in [-0.1, -0.05) is 169 Å². The Morgan fingerprint density at radius 1 is 0.240 bits per heavy atom. The highest BCUT2D eigenvalue weighted by Gasteiger charge is 2.18. The molecule has 10 aromatic carbocycles. The van der Waals surface area contributed by atoms with Crippen LogP contribution in [0.1, 0.15) is 43.9 Å². The van der Waals surface area contributed by atoms with E-state index in [0.29, 0.717) is 0 Å². The normalized spacial score (nSPS) is 20.6. The zero-order valence-corrected chi connectivity index (χ0v) is 25.0. The molecule has 0 fully saturated rings. The summed E-state index contributed by atoms with van der Waals surface area (Å²) in [6.07, 6.45) is 0. The van der Waals surface area contributed by atoms with Crippen LogP contribution < -0.4 is 0 Å². The summed E-state index contributed by atoms with van der Waals surface area (Å²) in [7, 11) is 0. The highest BCUT2D eigenvalue weighted by Crippen LogP contribution is 2.46. The van der Waals surface area contributed by atoms with E-state index in [1.807, 2.05) is 0 Å². The van der Waals surface area contributed by atoms with Crippen LogP contribution in [0, 0.1) is 0 Å². The fraction of sp³-hybridized carbons (Fsp3) is 0. The molecule has 0 aromatic heterocycles. The molecule has 0 saturated heterocycles. The number of fused-ring (bicyclic) bond motifs is 5. The fourth-order valence-electron chi connectivity index (χ4n) is 5.75. The minimum Gasteiger partial charge on any atom is -0.0616 e. The average Bonchev–Trinajstić information content (AvgIpc) is 3.58. The molecule has 0 unspecified atom stereocenters. The SMILES string of the molecule is [2H]c1c([2H])c(-c2c([2H])c([2H])c([2H])c3c([2H])c([2H])c([2H])c([2H])c23)c([2H])c(-c2c3c([2H])c([2H])c([2H])c([2H])c3c(-c3c([2H])c([2H])c4c([2H])c([2H])c([2H])c([2H])c4c3[2H])c3c([2H])c([2H])c(-c4c([2H])c([2H])c5c([2H])c([2H])c([2H])c([2H])c5c4[2H])c([2H])c23)c1[2H]. The first-order chi connectivity index (χ1) is 38.1. The summed E-state index contributed by atoms with van der Waals surface area (Å²) < 4.78 is 291. The zero-order chi connectivity index (χ0) is 60.9. The molecule has 0 bridgehead atoms. The predicted molar refractivity (Wildman–Crippen MR) is 216 cm³/mol. The van der Waals surface area contributed by atoms with E-state index in [4.69, 9.17) is 23.3 Å². The Hall–Kier alpha value is -6.50.